The molecule has 6 heteroatoms. The van der Waals surface area contributed by atoms with Crippen molar-refractivity contribution in [3.63, 3.8) is 0 Å². The van der Waals surface area contributed by atoms with Gasteiger partial charge in [0, 0.05) is 0 Å². The molecule has 0 bridgehead atoms. The second kappa shape index (κ2) is 5.36. The summed E-state index contributed by atoms with van der Waals surface area (Å²) in [5.74, 6) is -1.30. The van der Waals surface area contributed by atoms with Crippen molar-refractivity contribution in [3.05, 3.63) is 0 Å². The number of alkyl carbamates (subject to hydrolysis) is 1. The highest BCUT2D eigenvalue weighted by atomic mass is 16.5. The second-order valence-electron chi connectivity index (χ2n) is 2.42. The monoisotopic (exact) mass is 191 g/mol. The molecule has 1 amide bonds. The molecule has 0 fully saturated rings. The van der Waals surface area contributed by atoms with Crippen molar-refractivity contribution in [3.8, 4) is 0 Å². The Hall–Kier alpha value is -1.30. The van der Waals surface area contributed by atoms with Crippen LogP contribution < -0.4 is 5.32 Å². The molecule has 6 nitrogen and oxygen atoms in total. The number of ether oxygens (including phenoxy) is 1. The summed E-state index contributed by atoms with van der Waals surface area (Å²) >= 11 is 0. The summed E-state index contributed by atoms with van der Waals surface area (Å²) in [4.78, 5) is 21.2. The molecule has 0 aromatic heterocycles. The molecule has 0 radical (unpaired) electrons. The van der Waals surface area contributed by atoms with E-state index in [0.29, 0.717) is 0 Å². The lowest BCUT2D eigenvalue weighted by Gasteiger charge is -2.16. The maximum atomic E-state index is 10.8. The zero-order chi connectivity index (χ0) is 10.4. The summed E-state index contributed by atoms with van der Waals surface area (Å²) in [6.45, 7) is 3.01. The summed E-state index contributed by atoms with van der Waals surface area (Å²) in [6, 6.07) is -1.33. The first kappa shape index (κ1) is 11.7. The Morgan fingerprint density at radius 2 is 2.08 bits per heavy atom. The smallest absolute Gasteiger partial charge is 0.407 e. The van der Waals surface area contributed by atoms with E-state index in [2.05, 4.69) is 4.74 Å². The SMILES string of the molecule is CCOC(=O)NC(C(=O)O)C(C)O. The number of carboxylic acids is 1. The fourth-order valence-corrected chi connectivity index (χ4v) is 0.688. The standard InChI is InChI=1S/C7H13NO5/c1-3-13-7(12)8-5(4(2)9)6(10)11/h4-5,9H,3H2,1-2H3,(H,8,12)(H,10,11). The highest BCUT2D eigenvalue weighted by Gasteiger charge is 2.25. The summed E-state index contributed by atoms with van der Waals surface area (Å²) < 4.78 is 4.45. The van der Waals surface area contributed by atoms with Gasteiger partial charge in [-0.05, 0) is 13.8 Å². The Morgan fingerprint density at radius 3 is 2.38 bits per heavy atom. The lowest BCUT2D eigenvalue weighted by Crippen LogP contribution is -2.47. The number of carbonyl (C=O) groups excluding carboxylic acids is 1. The number of hydrogen-bond donors (Lipinski definition) is 3. The molecular formula is C7H13NO5. The van der Waals surface area contributed by atoms with Gasteiger partial charge < -0.3 is 20.3 Å². The second-order valence-corrected chi connectivity index (χ2v) is 2.42. The van der Waals surface area contributed by atoms with E-state index in [1.165, 1.54) is 6.92 Å². The molecule has 0 aromatic carbocycles. The molecule has 76 valence electrons. The van der Waals surface area contributed by atoms with E-state index in [-0.39, 0.29) is 6.61 Å². The average molecular weight is 191 g/mol. The number of carboxylic acid groups (broad SMARTS) is 1. The molecule has 0 heterocycles. The first-order chi connectivity index (χ1) is 5.99. The zero-order valence-electron chi connectivity index (χ0n) is 7.48. The van der Waals surface area contributed by atoms with Crippen LogP contribution in [0.5, 0.6) is 0 Å². The van der Waals surface area contributed by atoms with Crippen molar-refractivity contribution in [2.75, 3.05) is 6.61 Å². The van der Waals surface area contributed by atoms with Gasteiger partial charge in [-0.15, -0.1) is 0 Å². The van der Waals surface area contributed by atoms with Gasteiger partial charge >= 0.3 is 12.1 Å². The van der Waals surface area contributed by atoms with Gasteiger partial charge in [0.25, 0.3) is 0 Å². The van der Waals surface area contributed by atoms with Gasteiger partial charge in [0.2, 0.25) is 0 Å². The fraction of sp³-hybridized carbons (Fsp3) is 0.714. The van der Waals surface area contributed by atoms with E-state index in [4.69, 9.17) is 10.2 Å². The van der Waals surface area contributed by atoms with Crippen molar-refractivity contribution >= 4 is 12.1 Å². The minimum Gasteiger partial charge on any atom is -0.480 e. The molecule has 0 aliphatic heterocycles. The first-order valence-electron chi connectivity index (χ1n) is 3.83. The molecule has 0 saturated carbocycles. The van der Waals surface area contributed by atoms with Crippen LogP contribution in [0.25, 0.3) is 0 Å². The number of aliphatic hydroxyl groups excluding tert-OH is 1. The number of nitrogens with one attached hydrogen (secondary N) is 1. The van der Waals surface area contributed by atoms with Gasteiger partial charge in [-0.25, -0.2) is 9.59 Å². The lowest BCUT2D eigenvalue weighted by atomic mass is 10.2. The number of aliphatic hydroxyl groups is 1. The number of amides is 1. The zero-order valence-corrected chi connectivity index (χ0v) is 7.48. The molecule has 13 heavy (non-hydrogen) atoms. The third kappa shape index (κ3) is 4.32. The quantitative estimate of drug-likeness (QED) is 0.560. The first-order valence-corrected chi connectivity index (χ1v) is 3.83. The van der Waals surface area contributed by atoms with Crippen LogP contribution in [0.2, 0.25) is 0 Å². The Morgan fingerprint density at radius 1 is 1.54 bits per heavy atom. The topological polar surface area (TPSA) is 95.9 Å². The number of hydrogen-bond acceptors (Lipinski definition) is 4. The van der Waals surface area contributed by atoms with Crippen LogP contribution >= 0.6 is 0 Å². The number of rotatable bonds is 4. The molecule has 2 atom stereocenters. The number of carbonyl (C=O) groups is 2. The van der Waals surface area contributed by atoms with Gasteiger partial charge in [-0.2, -0.15) is 0 Å². The van der Waals surface area contributed by atoms with Gasteiger partial charge in [0.15, 0.2) is 6.04 Å². The van der Waals surface area contributed by atoms with Crippen LogP contribution in [0, 0.1) is 0 Å². The third-order valence-corrected chi connectivity index (χ3v) is 1.30. The van der Waals surface area contributed by atoms with E-state index in [0.717, 1.165) is 0 Å². The third-order valence-electron chi connectivity index (χ3n) is 1.30. The molecule has 2 unspecified atom stereocenters. The van der Waals surface area contributed by atoms with Crippen LogP contribution in [0.1, 0.15) is 13.8 Å². The van der Waals surface area contributed by atoms with Crippen LogP contribution in [0.15, 0.2) is 0 Å². The Bertz CT molecular complexity index is 191. The van der Waals surface area contributed by atoms with Crippen LogP contribution in [0.4, 0.5) is 4.79 Å². The summed E-state index contributed by atoms with van der Waals surface area (Å²) in [5, 5.41) is 19.5. The minimum atomic E-state index is -1.33. The summed E-state index contributed by atoms with van der Waals surface area (Å²) in [6.07, 6.45) is -2.02. The molecule has 0 aliphatic rings. The molecular weight excluding hydrogens is 178 g/mol. The highest BCUT2D eigenvalue weighted by Crippen LogP contribution is 1.93. The molecule has 0 aromatic rings. The number of aliphatic carboxylic acids is 1. The highest BCUT2D eigenvalue weighted by molar-refractivity contribution is 5.80. The van der Waals surface area contributed by atoms with E-state index in [9.17, 15) is 9.59 Å². The summed E-state index contributed by atoms with van der Waals surface area (Å²) in [7, 11) is 0. The van der Waals surface area contributed by atoms with Crippen LogP contribution in [-0.4, -0.2) is 41.0 Å². The van der Waals surface area contributed by atoms with Crippen LogP contribution in [-0.2, 0) is 9.53 Å². The van der Waals surface area contributed by atoms with E-state index in [1.807, 2.05) is 5.32 Å². The fourth-order valence-electron chi connectivity index (χ4n) is 0.688. The van der Waals surface area contributed by atoms with Gasteiger partial charge in [0.05, 0.1) is 12.7 Å². The summed E-state index contributed by atoms with van der Waals surface area (Å²) in [5.41, 5.74) is 0. The molecule has 0 aliphatic carbocycles. The van der Waals surface area contributed by atoms with E-state index < -0.39 is 24.2 Å². The Labute approximate surface area is 75.5 Å². The van der Waals surface area contributed by atoms with Crippen molar-refractivity contribution in [2.45, 2.75) is 26.0 Å². The minimum absolute atomic E-state index is 0.151. The predicted octanol–water partition coefficient (Wildman–Crippen LogP) is -0.433. The lowest BCUT2D eigenvalue weighted by molar-refractivity contribution is -0.142. The van der Waals surface area contributed by atoms with Gasteiger partial charge in [-0.3, -0.25) is 0 Å². The van der Waals surface area contributed by atoms with Crippen molar-refractivity contribution < 1.29 is 24.5 Å². The largest absolute Gasteiger partial charge is 0.480 e. The molecule has 0 rings (SSSR count). The normalized spacial score (nSPS) is 14.4. The van der Waals surface area contributed by atoms with Crippen molar-refractivity contribution in [2.24, 2.45) is 0 Å². The molecule has 3 N–H and O–H groups in total. The molecule has 0 spiro atoms. The van der Waals surface area contributed by atoms with E-state index in [1.54, 1.807) is 6.92 Å². The van der Waals surface area contributed by atoms with Crippen LogP contribution in [0.3, 0.4) is 0 Å². The average Bonchev–Trinajstić information content (AvgIpc) is 1.99. The van der Waals surface area contributed by atoms with Crippen molar-refractivity contribution in [1.29, 1.82) is 0 Å². The Balaban J connectivity index is 4.10. The van der Waals surface area contributed by atoms with Gasteiger partial charge in [-0.1, -0.05) is 0 Å². The molecule has 0 saturated heterocycles. The Kier molecular flexibility index (Phi) is 4.83. The van der Waals surface area contributed by atoms with Gasteiger partial charge in [0.1, 0.15) is 0 Å². The maximum Gasteiger partial charge on any atom is 0.407 e. The van der Waals surface area contributed by atoms with Crippen molar-refractivity contribution in [1.82, 2.24) is 5.32 Å². The van der Waals surface area contributed by atoms with E-state index >= 15 is 0 Å². The predicted molar refractivity (Wildman–Crippen MR) is 43.3 cm³/mol. The maximum absolute atomic E-state index is 10.8.